The van der Waals surface area contributed by atoms with E-state index in [-0.39, 0.29) is 28.8 Å². The number of likely N-dealkylation sites (tertiary alicyclic amines) is 2. The van der Waals surface area contributed by atoms with Crippen molar-refractivity contribution in [2.45, 2.75) is 103 Å². The highest BCUT2D eigenvalue weighted by Gasteiger charge is 2.49. The fraction of sp³-hybridized carbons (Fsp3) is 0.742. The summed E-state index contributed by atoms with van der Waals surface area (Å²) < 4.78 is 0. The van der Waals surface area contributed by atoms with Gasteiger partial charge in [0, 0.05) is 36.2 Å². The fourth-order valence-electron chi connectivity index (χ4n) is 6.91. The van der Waals surface area contributed by atoms with Gasteiger partial charge in [0.1, 0.15) is 0 Å². The largest absolute Gasteiger partial charge is 0.351 e. The Morgan fingerprint density at radius 2 is 1.66 bits per heavy atom. The molecule has 2 aliphatic heterocycles. The first-order chi connectivity index (χ1) is 18.1. The van der Waals surface area contributed by atoms with Gasteiger partial charge in [-0.25, -0.2) is 0 Å². The fourth-order valence-corrected chi connectivity index (χ4v) is 7.03. The maximum absolute atomic E-state index is 14.0. The first-order valence-electron chi connectivity index (χ1n) is 14.9. The molecule has 0 unspecified atom stereocenters. The van der Waals surface area contributed by atoms with Crippen LogP contribution in [0.4, 0.5) is 0 Å². The number of piperidine rings is 1. The van der Waals surface area contributed by atoms with Crippen LogP contribution in [0.2, 0.25) is 5.02 Å². The van der Waals surface area contributed by atoms with E-state index in [1.54, 1.807) is 0 Å². The molecule has 38 heavy (non-hydrogen) atoms. The van der Waals surface area contributed by atoms with Crippen LogP contribution >= 0.6 is 11.6 Å². The van der Waals surface area contributed by atoms with E-state index in [0.717, 1.165) is 44.3 Å². The summed E-state index contributed by atoms with van der Waals surface area (Å²) >= 11 is 6.12. The van der Waals surface area contributed by atoms with Crippen molar-refractivity contribution < 1.29 is 9.59 Å². The van der Waals surface area contributed by atoms with E-state index in [2.05, 4.69) is 43.4 Å². The summed E-state index contributed by atoms with van der Waals surface area (Å²) in [5, 5.41) is 7.67. The lowest BCUT2D eigenvalue weighted by Gasteiger charge is -2.48. The molecule has 2 saturated heterocycles. The van der Waals surface area contributed by atoms with Crippen molar-refractivity contribution in [1.29, 1.82) is 0 Å². The average Bonchev–Trinajstić information content (AvgIpc) is 3.31. The SMILES string of the molecule is CN1CCC[C@@H]1CN[C@H](Cc1ccc(Cl)cc1)C(=O)N1CCC(C(=O)NC(C)(C)C)(C2CCCCC2)CC1. The van der Waals surface area contributed by atoms with Crippen LogP contribution < -0.4 is 10.6 Å². The highest BCUT2D eigenvalue weighted by Crippen LogP contribution is 2.46. The molecule has 3 aliphatic rings. The second kappa shape index (κ2) is 12.7. The number of amides is 2. The van der Waals surface area contributed by atoms with Crippen molar-refractivity contribution in [2.24, 2.45) is 11.3 Å². The molecule has 7 heteroatoms. The Hall–Kier alpha value is -1.63. The normalized spacial score (nSPS) is 23.8. The molecule has 1 saturated carbocycles. The predicted molar refractivity (Wildman–Crippen MR) is 155 cm³/mol. The summed E-state index contributed by atoms with van der Waals surface area (Å²) in [7, 11) is 2.17. The molecule has 1 aromatic rings. The molecular formula is C31H49ClN4O2. The molecule has 0 bridgehead atoms. The molecule has 3 fully saturated rings. The number of rotatable bonds is 8. The Balaban J connectivity index is 1.47. The van der Waals surface area contributed by atoms with Gasteiger partial charge in [-0.15, -0.1) is 0 Å². The highest BCUT2D eigenvalue weighted by molar-refractivity contribution is 6.30. The van der Waals surface area contributed by atoms with Gasteiger partial charge in [0.15, 0.2) is 0 Å². The number of carbonyl (C=O) groups is 2. The van der Waals surface area contributed by atoms with Gasteiger partial charge < -0.3 is 20.4 Å². The van der Waals surface area contributed by atoms with Gasteiger partial charge in [-0.3, -0.25) is 9.59 Å². The minimum absolute atomic E-state index is 0.161. The zero-order chi connectivity index (χ0) is 27.3. The standard InChI is InChI=1S/C31H49ClN4O2/c1-30(2,3)34-29(38)31(24-9-6-5-7-10-24)16-19-36(20-17-31)28(37)27(21-23-12-14-25(32)15-13-23)33-22-26-11-8-18-35(26)4/h12-15,24,26-27,33H,5-11,16-22H2,1-4H3,(H,34,38)/t26-,27-/m1/s1. The second-order valence-corrected chi connectivity index (χ2v) is 13.5. The van der Waals surface area contributed by atoms with Crippen molar-refractivity contribution in [1.82, 2.24) is 20.4 Å². The maximum atomic E-state index is 14.0. The van der Waals surface area contributed by atoms with E-state index in [1.165, 1.54) is 32.1 Å². The van der Waals surface area contributed by atoms with Gasteiger partial charge >= 0.3 is 0 Å². The smallest absolute Gasteiger partial charge is 0.240 e. The number of nitrogens with zero attached hydrogens (tertiary/aromatic N) is 2. The Kier molecular flexibility index (Phi) is 9.81. The number of likely N-dealkylation sites (N-methyl/N-ethyl adjacent to an activating group) is 1. The van der Waals surface area contributed by atoms with Crippen LogP contribution in [0.15, 0.2) is 24.3 Å². The lowest BCUT2D eigenvalue weighted by atomic mass is 9.63. The van der Waals surface area contributed by atoms with Crippen LogP contribution in [0.1, 0.15) is 84.1 Å². The molecule has 0 spiro atoms. The molecule has 1 aliphatic carbocycles. The van der Waals surface area contributed by atoms with E-state index in [0.29, 0.717) is 36.5 Å². The number of hydrogen-bond acceptors (Lipinski definition) is 4. The number of halogens is 1. The molecule has 0 radical (unpaired) electrons. The van der Waals surface area contributed by atoms with E-state index < -0.39 is 0 Å². The first-order valence-corrected chi connectivity index (χ1v) is 15.2. The zero-order valence-corrected chi connectivity index (χ0v) is 24.8. The highest BCUT2D eigenvalue weighted by atomic mass is 35.5. The van der Waals surface area contributed by atoms with Crippen LogP contribution in [0.3, 0.4) is 0 Å². The number of benzene rings is 1. The molecule has 6 nitrogen and oxygen atoms in total. The van der Waals surface area contributed by atoms with E-state index >= 15 is 0 Å². The lowest BCUT2D eigenvalue weighted by Crippen LogP contribution is -2.59. The van der Waals surface area contributed by atoms with E-state index in [1.807, 2.05) is 29.2 Å². The van der Waals surface area contributed by atoms with Gasteiger partial charge in [0.25, 0.3) is 0 Å². The second-order valence-electron chi connectivity index (χ2n) is 13.1. The van der Waals surface area contributed by atoms with E-state index in [4.69, 9.17) is 11.6 Å². The first kappa shape index (κ1) is 29.4. The minimum Gasteiger partial charge on any atom is -0.351 e. The summed E-state index contributed by atoms with van der Waals surface area (Å²) in [5.74, 6) is 0.773. The topological polar surface area (TPSA) is 64.7 Å². The van der Waals surface area contributed by atoms with Gasteiger partial charge in [-0.1, -0.05) is 43.0 Å². The van der Waals surface area contributed by atoms with Gasteiger partial charge in [0.05, 0.1) is 11.5 Å². The summed E-state index contributed by atoms with van der Waals surface area (Å²) in [6.45, 7) is 9.42. The average molecular weight is 545 g/mol. The number of hydrogen-bond donors (Lipinski definition) is 2. The Labute approximate surface area is 235 Å². The quantitative estimate of drug-likeness (QED) is 0.481. The van der Waals surface area contributed by atoms with Crippen LogP contribution in [-0.4, -0.2) is 72.5 Å². The van der Waals surface area contributed by atoms with Crippen molar-refractivity contribution in [3.05, 3.63) is 34.9 Å². The van der Waals surface area contributed by atoms with Crippen molar-refractivity contribution in [3.63, 3.8) is 0 Å². The summed E-state index contributed by atoms with van der Waals surface area (Å²) in [6, 6.07) is 8.03. The Morgan fingerprint density at radius 3 is 2.24 bits per heavy atom. The van der Waals surface area contributed by atoms with Gasteiger partial charge in [-0.2, -0.15) is 0 Å². The molecule has 2 heterocycles. The molecule has 2 atom stereocenters. The van der Waals surface area contributed by atoms with Crippen LogP contribution in [0, 0.1) is 11.3 Å². The van der Waals surface area contributed by atoms with Crippen molar-refractivity contribution in [3.8, 4) is 0 Å². The maximum Gasteiger partial charge on any atom is 0.240 e. The molecule has 4 rings (SSSR count). The monoisotopic (exact) mass is 544 g/mol. The summed E-state index contributed by atoms with van der Waals surface area (Å²) in [6.07, 6.45) is 10.5. The molecule has 1 aromatic carbocycles. The minimum atomic E-state index is -0.365. The third-order valence-corrected chi connectivity index (χ3v) is 9.47. The zero-order valence-electron chi connectivity index (χ0n) is 24.0. The van der Waals surface area contributed by atoms with Crippen LogP contribution in [-0.2, 0) is 16.0 Å². The molecule has 212 valence electrons. The Morgan fingerprint density at radius 1 is 1.00 bits per heavy atom. The summed E-state index contributed by atoms with van der Waals surface area (Å²) in [4.78, 5) is 32.1. The molecular weight excluding hydrogens is 496 g/mol. The van der Waals surface area contributed by atoms with Crippen molar-refractivity contribution >= 4 is 23.4 Å². The summed E-state index contributed by atoms with van der Waals surface area (Å²) in [5.41, 5.74) is 0.487. The van der Waals surface area contributed by atoms with E-state index in [9.17, 15) is 9.59 Å². The number of nitrogens with one attached hydrogen (secondary N) is 2. The number of carbonyl (C=O) groups excluding carboxylic acids is 2. The van der Waals surface area contributed by atoms with Gasteiger partial charge in [0.2, 0.25) is 11.8 Å². The van der Waals surface area contributed by atoms with Crippen LogP contribution in [0.25, 0.3) is 0 Å². The third kappa shape index (κ3) is 7.31. The third-order valence-electron chi connectivity index (χ3n) is 9.22. The Bertz CT molecular complexity index is 930. The van der Waals surface area contributed by atoms with Crippen molar-refractivity contribution in [2.75, 3.05) is 33.2 Å². The predicted octanol–water partition coefficient (Wildman–Crippen LogP) is 5.04. The van der Waals surface area contributed by atoms with Crippen LogP contribution in [0.5, 0.6) is 0 Å². The lowest BCUT2D eigenvalue weighted by molar-refractivity contribution is -0.147. The molecule has 2 amide bonds. The molecule has 0 aromatic heterocycles. The molecule has 2 N–H and O–H groups in total. The van der Waals surface area contributed by atoms with Gasteiger partial charge in [-0.05, 0) is 103 Å².